The van der Waals surface area contributed by atoms with Crippen molar-refractivity contribution >= 4 is 17.8 Å². The first-order valence-electron chi connectivity index (χ1n) is 10.0. The summed E-state index contributed by atoms with van der Waals surface area (Å²) in [5.74, 6) is -1.21. The Bertz CT molecular complexity index is 743. The van der Waals surface area contributed by atoms with Gasteiger partial charge in [-0.2, -0.15) is 0 Å². The summed E-state index contributed by atoms with van der Waals surface area (Å²) in [6.45, 7) is 3.20. The van der Waals surface area contributed by atoms with Gasteiger partial charge in [-0.25, -0.2) is 0 Å². The van der Waals surface area contributed by atoms with Crippen LogP contribution in [0.1, 0.15) is 47.2 Å². The molecular formula is C21H29N3O4. The summed E-state index contributed by atoms with van der Waals surface area (Å²) < 4.78 is 0. The van der Waals surface area contributed by atoms with Crippen molar-refractivity contribution in [2.45, 2.75) is 38.6 Å². The number of carboxylic acid groups (broad SMARTS) is 1. The zero-order chi connectivity index (χ0) is 20.1. The van der Waals surface area contributed by atoms with Crippen molar-refractivity contribution in [3.8, 4) is 0 Å². The summed E-state index contributed by atoms with van der Waals surface area (Å²) in [6, 6.07) is 5.49. The van der Waals surface area contributed by atoms with Crippen molar-refractivity contribution in [1.82, 2.24) is 15.5 Å². The van der Waals surface area contributed by atoms with Gasteiger partial charge in [0.1, 0.15) is 0 Å². The number of carbonyl (C=O) groups excluding carboxylic acids is 2. The topological polar surface area (TPSA) is 98.7 Å². The van der Waals surface area contributed by atoms with E-state index in [0.29, 0.717) is 24.4 Å². The normalized spacial score (nSPS) is 20.0. The largest absolute Gasteiger partial charge is 0.481 e. The number of carboxylic acids is 1. The van der Waals surface area contributed by atoms with E-state index in [-0.39, 0.29) is 18.2 Å². The van der Waals surface area contributed by atoms with E-state index in [9.17, 15) is 14.4 Å². The Morgan fingerprint density at radius 1 is 1.21 bits per heavy atom. The van der Waals surface area contributed by atoms with Crippen molar-refractivity contribution in [1.29, 1.82) is 0 Å². The second kappa shape index (κ2) is 9.19. The van der Waals surface area contributed by atoms with Crippen LogP contribution < -0.4 is 10.6 Å². The molecule has 1 aromatic carbocycles. The first kappa shape index (κ1) is 20.3. The molecule has 28 heavy (non-hydrogen) atoms. The van der Waals surface area contributed by atoms with Crippen LogP contribution in [0.3, 0.4) is 0 Å². The van der Waals surface area contributed by atoms with E-state index in [4.69, 9.17) is 5.11 Å². The molecule has 0 bridgehead atoms. The van der Waals surface area contributed by atoms with E-state index >= 15 is 0 Å². The van der Waals surface area contributed by atoms with E-state index in [1.165, 1.54) is 0 Å². The summed E-state index contributed by atoms with van der Waals surface area (Å²) in [6.07, 6.45) is 3.46. The van der Waals surface area contributed by atoms with Crippen LogP contribution >= 0.6 is 0 Å². The lowest BCUT2D eigenvalue weighted by Crippen LogP contribution is -2.32. The van der Waals surface area contributed by atoms with Gasteiger partial charge in [0.25, 0.3) is 5.91 Å². The average molecular weight is 387 g/mol. The number of rotatable bonds is 6. The molecule has 1 atom stereocenters. The van der Waals surface area contributed by atoms with Crippen LogP contribution in [0.4, 0.5) is 0 Å². The molecule has 1 saturated heterocycles. The third-order valence-corrected chi connectivity index (χ3v) is 5.84. The third kappa shape index (κ3) is 5.10. The van der Waals surface area contributed by atoms with Gasteiger partial charge < -0.3 is 20.6 Å². The Kier molecular flexibility index (Phi) is 6.67. The lowest BCUT2D eigenvalue weighted by atomic mass is 9.92. The molecule has 0 spiro atoms. The average Bonchev–Trinajstić information content (AvgIpc) is 2.84. The Balaban J connectivity index is 1.66. The first-order valence-corrected chi connectivity index (χ1v) is 10.0. The van der Waals surface area contributed by atoms with Crippen LogP contribution in [0.25, 0.3) is 0 Å². The molecule has 2 aliphatic heterocycles. The fourth-order valence-corrected chi connectivity index (χ4v) is 4.05. The summed E-state index contributed by atoms with van der Waals surface area (Å²) in [4.78, 5) is 37.8. The number of benzene rings is 1. The van der Waals surface area contributed by atoms with E-state index in [2.05, 4.69) is 10.6 Å². The SMILES string of the molecule is CN(CCC1CCNCC1)C(=O)c1ccc2c(c1)C[C@H](CC(=O)O)C(=O)NC2. The summed E-state index contributed by atoms with van der Waals surface area (Å²) in [7, 11) is 1.83. The van der Waals surface area contributed by atoms with E-state index in [1.54, 1.807) is 11.0 Å². The van der Waals surface area contributed by atoms with Gasteiger partial charge in [-0.1, -0.05) is 6.07 Å². The van der Waals surface area contributed by atoms with Crippen molar-refractivity contribution < 1.29 is 19.5 Å². The molecular weight excluding hydrogens is 358 g/mol. The number of nitrogens with one attached hydrogen (secondary N) is 2. The van der Waals surface area contributed by atoms with Gasteiger partial charge in [0.05, 0.1) is 12.3 Å². The van der Waals surface area contributed by atoms with Gasteiger partial charge in [0.2, 0.25) is 5.91 Å². The van der Waals surface area contributed by atoms with E-state index < -0.39 is 11.9 Å². The fraction of sp³-hybridized carbons (Fsp3) is 0.571. The maximum atomic E-state index is 12.8. The highest BCUT2D eigenvalue weighted by Crippen LogP contribution is 2.23. The minimum absolute atomic E-state index is 0.0324. The Morgan fingerprint density at radius 3 is 2.68 bits per heavy atom. The smallest absolute Gasteiger partial charge is 0.304 e. The zero-order valence-corrected chi connectivity index (χ0v) is 16.4. The molecule has 2 heterocycles. The van der Waals surface area contributed by atoms with Crippen LogP contribution in [-0.2, 0) is 22.6 Å². The number of hydrogen-bond acceptors (Lipinski definition) is 4. The predicted molar refractivity (Wildman–Crippen MR) is 105 cm³/mol. The van der Waals surface area contributed by atoms with Crippen LogP contribution in [0, 0.1) is 11.8 Å². The predicted octanol–water partition coefficient (Wildman–Crippen LogP) is 1.41. The maximum absolute atomic E-state index is 12.8. The second-order valence-corrected chi connectivity index (χ2v) is 7.91. The van der Waals surface area contributed by atoms with Crippen LogP contribution in [0.15, 0.2) is 18.2 Å². The molecule has 0 saturated carbocycles. The molecule has 0 radical (unpaired) electrons. The van der Waals surface area contributed by atoms with Crippen molar-refractivity contribution in [3.63, 3.8) is 0 Å². The number of amides is 2. The maximum Gasteiger partial charge on any atom is 0.304 e. The van der Waals surface area contributed by atoms with Crippen molar-refractivity contribution in [3.05, 3.63) is 34.9 Å². The fourth-order valence-electron chi connectivity index (χ4n) is 4.05. The molecule has 152 valence electrons. The van der Waals surface area contributed by atoms with Crippen molar-refractivity contribution in [2.75, 3.05) is 26.7 Å². The highest BCUT2D eigenvalue weighted by Gasteiger charge is 2.27. The molecule has 0 aromatic heterocycles. The van der Waals surface area contributed by atoms with Crippen LogP contribution in [-0.4, -0.2) is 54.5 Å². The highest BCUT2D eigenvalue weighted by atomic mass is 16.4. The number of piperidine rings is 1. The lowest BCUT2D eigenvalue weighted by Gasteiger charge is -2.25. The molecule has 1 aromatic rings. The standard InChI is InChI=1S/C21H29N3O4/c1-24(9-6-14-4-7-22-8-5-14)21(28)15-2-3-16-13-23-20(27)18(12-19(25)26)11-17(16)10-15/h2-3,10,14,18,22H,4-9,11-13H2,1H3,(H,23,27)(H,25,26)/t18-/m1/s1. The first-order chi connectivity index (χ1) is 13.4. The Labute approximate surface area is 165 Å². The highest BCUT2D eigenvalue weighted by molar-refractivity contribution is 5.94. The lowest BCUT2D eigenvalue weighted by molar-refractivity contribution is -0.141. The van der Waals surface area contributed by atoms with Crippen LogP contribution in [0.2, 0.25) is 0 Å². The Morgan fingerprint density at radius 2 is 1.96 bits per heavy atom. The summed E-state index contributed by atoms with van der Waals surface area (Å²) in [5, 5.41) is 15.2. The van der Waals surface area contributed by atoms with Gasteiger partial charge in [-0.05, 0) is 68.0 Å². The minimum Gasteiger partial charge on any atom is -0.481 e. The molecule has 3 rings (SSSR count). The molecule has 0 aliphatic carbocycles. The summed E-state index contributed by atoms with van der Waals surface area (Å²) >= 11 is 0. The second-order valence-electron chi connectivity index (χ2n) is 7.91. The zero-order valence-electron chi connectivity index (χ0n) is 16.4. The number of aliphatic carboxylic acids is 1. The summed E-state index contributed by atoms with van der Waals surface area (Å²) in [5.41, 5.74) is 2.41. The van der Waals surface area contributed by atoms with E-state index in [1.807, 2.05) is 19.2 Å². The van der Waals surface area contributed by atoms with E-state index in [0.717, 1.165) is 50.0 Å². The number of carbonyl (C=O) groups is 3. The van der Waals surface area contributed by atoms with Gasteiger partial charge in [-0.15, -0.1) is 0 Å². The van der Waals surface area contributed by atoms with Gasteiger partial charge in [-0.3, -0.25) is 14.4 Å². The van der Waals surface area contributed by atoms with Crippen molar-refractivity contribution in [2.24, 2.45) is 11.8 Å². The van der Waals surface area contributed by atoms with Gasteiger partial charge >= 0.3 is 5.97 Å². The molecule has 0 unspecified atom stereocenters. The van der Waals surface area contributed by atoms with Crippen LogP contribution in [0.5, 0.6) is 0 Å². The molecule has 7 nitrogen and oxygen atoms in total. The molecule has 2 amide bonds. The molecule has 1 fully saturated rings. The third-order valence-electron chi connectivity index (χ3n) is 5.84. The molecule has 3 N–H and O–H groups in total. The number of hydrogen-bond donors (Lipinski definition) is 3. The minimum atomic E-state index is -0.992. The Hall–Kier alpha value is -2.41. The number of fused-ring (bicyclic) bond motifs is 1. The van der Waals surface area contributed by atoms with Gasteiger partial charge in [0.15, 0.2) is 0 Å². The van der Waals surface area contributed by atoms with Gasteiger partial charge in [0, 0.05) is 25.7 Å². The monoisotopic (exact) mass is 387 g/mol. The molecule has 2 aliphatic rings. The molecule has 7 heteroatoms. The quantitative estimate of drug-likeness (QED) is 0.686. The number of nitrogens with zero attached hydrogens (tertiary/aromatic N) is 1.